The second kappa shape index (κ2) is 9.93. The van der Waals surface area contributed by atoms with Gasteiger partial charge in [0.1, 0.15) is 23.8 Å². The molecule has 11 heteroatoms. The van der Waals surface area contributed by atoms with E-state index in [0.29, 0.717) is 22.3 Å². The molecule has 1 fully saturated rings. The highest BCUT2D eigenvalue weighted by atomic mass is 35.5. The maximum Gasteiger partial charge on any atom is 0.338 e. The van der Waals surface area contributed by atoms with Gasteiger partial charge in [0, 0.05) is 5.92 Å². The first kappa shape index (κ1) is 23.1. The van der Waals surface area contributed by atoms with Crippen LogP contribution in [0.25, 0.3) is 11.2 Å². The van der Waals surface area contributed by atoms with Crippen LogP contribution in [0.15, 0.2) is 73.3 Å². The summed E-state index contributed by atoms with van der Waals surface area (Å²) in [7, 11) is -1.47. The van der Waals surface area contributed by atoms with E-state index in [1.54, 1.807) is 65.2 Å². The molecule has 35 heavy (non-hydrogen) atoms. The Balaban J connectivity index is 1.37. The summed E-state index contributed by atoms with van der Waals surface area (Å²) in [5, 5.41) is -0.972. The van der Waals surface area contributed by atoms with Crippen LogP contribution >= 0.6 is 11.6 Å². The molecule has 0 amide bonds. The van der Waals surface area contributed by atoms with Crippen molar-refractivity contribution in [1.29, 1.82) is 0 Å². The van der Waals surface area contributed by atoms with Crippen LogP contribution < -0.4 is 0 Å². The van der Waals surface area contributed by atoms with E-state index in [2.05, 4.69) is 15.0 Å². The Kier molecular flexibility index (Phi) is 6.56. The number of imidazole rings is 1. The fourth-order valence-electron chi connectivity index (χ4n) is 3.97. The van der Waals surface area contributed by atoms with Crippen molar-refractivity contribution in [2.24, 2.45) is 5.92 Å². The van der Waals surface area contributed by atoms with E-state index in [1.807, 2.05) is 0 Å². The first-order chi connectivity index (χ1) is 17.0. The topological polar surface area (TPSA) is 113 Å². The van der Waals surface area contributed by atoms with Crippen molar-refractivity contribution in [2.75, 3.05) is 13.2 Å². The largest absolute Gasteiger partial charge is 0.462 e. The van der Waals surface area contributed by atoms with Crippen molar-refractivity contribution in [2.45, 2.75) is 10.6 Å². The molecule has 0 aliphatic carbocycles. The zero-order valence-corrected chi connectivity index (χ0v) is 19.8. The molecule has 0 saturated carbocycles. The summed E-state index contributed by atoms with van der Waals surface area (Å²) in [5.74, 6) is -1.43. The lowest BCUT2D eigenvalue weighted by Crippen LogP contribution is -2.53. The summed E-state index contributed by atoms with van der Waals surface area (Å²) in [6, 6.07) is 17.1. The molecule has 1 aliphatic rings. The summed E-state index contributed by atoms with van der Waals surface area (Å²) in [6.45, 7) is -0.122. The van der Waals surface area contributed by atoms with E-state index >= 15 is 0 Å². The van der Waals surface area contributed by atoms with E-state index in [-0.39, 0.29) is 18.4 Å². The first-order valence-corrected chi connectivity index (χ1v) is 12.4. The van der Waals surface area contributed by atoms with Crippen LogP contribution in [-0.2, 0) is 20.3 Å². The Morgan fingerprint density at radius 2 is 1.49 bits per heavy atom. The quantitative estimate of drug-likeness (QED) is 0.274. The van der Waals surface area contributed by atoms with Crippen LogP contribution in [0.4, 0.5) is 0 Å². The van der Waals surface area contributed by atoms with Crippen molar-refractivity contribution >= 4 is 45.5 Å². The molecule has 1 saturated heterocycles. The fraction of sp³-hybridized carbons (Fsp3) is 0.208. The van der Waals surface area contributed by atoms with Gasteiger partial charge in [-0.05, 0) is 24.3 Å². The molecule has 2 aromatic carbocycles. The Labute approximate surface area is 207 Å². The van der Waals surface area contributed by atoms with Gasteiger partial charge in [-0.25, -0.2) is 24.5 Å². The minimum Gasteiger partial charge on any atom is -0.462 e. The predicted octanol–water partition coefficient (Wildman–Crippen LogP) is 3.44. The van der Waals surface area contributed by atoms with Gasteiger partial charge in [0.25, 0.3) is 0 Å². The number of rotatable bonds is 7. The number of fused-ring (bicyclic) bond motifs is 1. The third-order valence-electron chi connectivity index (χ3n) is 5.77. The monoisotopic (exact) mass is 510 g/mol. The van der Waals surface area contributed by atoms with E-state index < -0.39 is 39.3 Å². The highest BCUT2D eigenvalue weighted by Crippen LogP contribution is 2.43. The Morgan fingerprint density at radius 1 is 0.886 bits per heavy atom. The van der Waals surface area contributed by atoms with E-state index in [4.69, 9.17) is 21.1 Å². The van der Waals surface area contributed by atoms with Crippen LogP contribution in [0.3, 0.4) is 0 Å². The van der Waals surface area contributed by atoms with Gasteiger partial charge in [0.05, 0.1) is 40.1 Å². The van der Waals surface area contributed by atoms with Crippen LogP contribution in [0.1, 0.15) is 26.1 Å². The maximum atomic E-state index is 13.3. The van der Waals surface area contributed by atoms with Crippen LogP contribution in [0.5, 0.6) is 0 Å². The molecule has 9 nitrogen and oxygen atoms in total. The second-order valence-electron chi connectivity index (χ2n) is 7.84. The highest BCUT2D eigenvalue weighted by molar-refractivity contribution is 7.87. The molecule has 0 radical (unpaired) electrons. The van der Waals surface area contributed by atoms with Gasteiger partial charge in [0.15, 0.2) is 10.8 Å². The molecule has 5 rings (SSSR count). The number of aromatic nitrogens is 4. The van der Waals surface area contributed by atoms with Crippen molar-refractivity contribution < 1.29 is 23.3 Å². The molecule has 1 aliphatic heterocycles. The molecular formula is C24H19ClN4O5S. The number of benzene rings is 2. The number of carbonyl (C=O) groups is 2. The molecule has 4 atom stereocenters. The number of nitrogens with zero attached hydrogens (tertiary/aromatic N) is 4. The fourth-order valence-corrected chi connectivity index (χ4v) is 6.00. The van der Waals surface area contributed by atoms with Crippen LogP contribution in [0, 0.1) is 5.92 Å². The van der Waals surface area contributed by atoms with Gasteiger partial charge in [-0.2, -0.15) is 0 Å². The Hall–Kier alpha value is -3.63. The molecule has 2 unspecified atom stereocenters. The zero-order chi connectivity index (χ0) is 24.4. The van der Waals surface area contributed by atoms with Gasteiger partial charge in [-0.3, -0.25) is 8.78 Å². The van der Waals surface area contributed by atoms with Gasteiger partial charge < -0.3 is 9.47 Å². The highest BCUT2D eigenvalue weighted by Gasteiger charge is 2.51. The average molecular weight is 511 g/mol. The lowest BCUT2D eigenvalue weighted by atomic mass is 10.0. The predicted molar refractivity (Wildman–Crippen MR) is 128 cm³/mol. The van der Waals surface area contributed by atoms with E-state index in [9.17, 15) is 13.8 Å². The van der Waals surface area contributed by atoms with Gasteiger partial charge >= 0.3 is 11.9 Å². The molecule has 0 spiro atoms. The van der Waals surface area contributed by atoms with Crippen molar-refractivity contribution in [3.05, 3.63) is 89.6 Å². The lowest BCUT2D eigenvalue weighted by molar-refractivity contribution is 0.0308. The minimum atomic E-state index is -1.47. The summed E-state index contributed by atoms with van der Waals surface area (Å²) in [6.07, 6.45) is 2.79. The molecule has 3 heterocycles. The van der Waals surface area contributed by atoms with Gasteiger partial charge in [0.2, 0.25) is 0 Å². The number of ether oxygens (including phenoxy) is 2. The number of hydrogen-bond donors (Lipinski definition) is 0. The van der Waals surface area contributed by atoms with Crippen molar-refractivity contribution in [3.63, 3.8) is 0 Å². The third kappa shape index (κ3) is 4.54. The second-order valence-corrected chi connectivity index (χ2v) is 9.94. The Morgan fingerprint density at radius 3 is 2.11 bits per heavy atom. The SMILES string of the molecule is O=C(OCC1[C@H](COC(=O)c2ccccc2)[C@H](n2cnc3c(Cl)ncnc32)S1=O)c1ccccc1. The smallest absolute Gasteiger partial charge is 0.338 e. The number of halogens is 1. The third-order valence-corrected chi connectivity index (χ3v) is 8.18. The lowest BCUT2D eigenvalue weighted by Gasteiger charge is -2.43. The van der Waals surface area contributed by atoms with Gasteiger partial charge in [-0.15, -0.1) is 0 Å². The van der Waals surface area contributed by atoms with Gasteiger partial charge in [-0.1, -0.05) is 48.0 Å². The van der Waals surface area contributed by atoms with Crippen LogP contribution in [-0.4, -0.2) is 54.1 Å². The summed E-state index contributed by atoms with van der Waals surface area (Å²) >= 11 is 6.12. The molecule has 0 bridgehead atoms. The summed E-state index contributed by atoms with van der Waals surface area (Å²) in [4.78, 5) is 37.4. The molecule has 4 aromatic rings. The standard InChI is InChI=1S/C24H19ClN4O5S/c25-20-19-21(27-13-26-20)29(14-28-19)22-17(11-33-23(30)15-7-3-1-4-8-15)18(35(22)32)12-34-24(31)16-9-5-2-6-10-16/h1-10,13-14,17-18,22H,11-12H2/t17-,18?,22+,35?/m0/s1. The number of hydrogen-bond acceptors (Lipinski definition) is 8. The van der Waals surface area contributed by atoms with E-state index in [0.717, 1.165) is 0 Å². The number of esters is 2. The average Bonchev–Trinajstić information content (AvgIpc) is 3.31. The number of carbonyl (C=O) groups excluding carboxylic acids is 2. The summed E-state index contributed by atoms with van der Waals surface area (Å²) in [5.41, 5.74) is 1.60. The summed E-state index contributed by atoms with van der Waals surface area (Å²) < 4.78 is 26.0. The molecule has 0 N–H and O–H groups in total. The molecule has 178 valence electrons. The van der Waals surface area contributed by atoms with Crippen LogP contribution in [0.2, 0.25) is 5.15 Å². The molecular weight excluding hydrogens is 492 g/mol. The zero-order valence-electron chi connectivity index (χ0n) is 18.2. The molecule has 2 aromatic heterocycles. The Bertz CT molecular complexity index is 1400. The normalized spacial score (nSPS) is 21.3. The minimum absolute atomic E-state index is 0.0316. The van der Waals surface area contributed by atoms with Crippen molar-refractivity contribution in [3.8, 4) is 0 Å². The maximum absolute atomic E-state index is 13.3. The van der Waals surface area contributed by atoms with E-state index in [1.165, 1.54) is 12.7 Å². The first-order valence-electron chi connectivity index (χ1n) is 10.7. The van der Waals surface area contributed by atoms with Crippen molar-refractivity contribution in [1.82, 2.24) is 19.5 Å².